The van der Waals surface area contributed by atoms with E-state index < -0.39 is 140 Å². The van der Waals surface area contributed by atoms with E-state index in [2.05, 4.69) is 33.9 Å². The van der Waals surface area contributed by atoms with Gasteiger partial charge in [-0.15, -0.1) is 0 Å². The van der Waals surface area contributed by atoms with Gasteiger partial charge < -0.3 is 74.4 Å². The fourth-order valence-corrected chi connectivity index (χ4v) is 5.09. The number of nitrogens with one attached hydrogen (secondary N) is 6. The molecule has 0 bridgehead atoms. The van der Waals surface area contributed by atoms with E-state index in [1.807, 2.05) is 10.6 Å². The van der Waals surface area contributed by atoms with Crippen LogP contribution in [0.25, 0.3) is 0 Å². The summed E-state index contributed by atoms with van der Waals surface area (Å²) < 4.78 is 0. The van der Waals surface area contributed by atoms with Crippen LogP contribution >= 0.6 is 12.6 Å². The van der Waals surface area contributed by atoms with E-state index in [1.54, 1.807) is 0 Å². The van der Waals surface area contributed by atoms with Gasteiger partial charge in [0.25, 0.3) is 0 Å². The Kier molecular flexibility index (Phi) is 19.3. The molecule has 54 heavy (non-hydrogen) atoms. The van der Waals surface area contributed by atoms with Gasteiger partial charge in [0, 0.05) is 12.3 Å². The highest BCUT2D eigenvalue weighted by Gasteiger charge is 2.38. The van der Waals surface area contributed by atoms with Crippen molar-refractivity contribution in [1.82, 2.24) is 36.8 Å². The molecular formula is C29H48N10O14S. The van der Waals surface area contributed by atoms with Gasteiger partial charge in [-0.05, 0) is 26.7 Å². The predicted octanol–water partition coefficient (Wildman–Crippen LogP) is -8.64. The maximum absolute atomic E-state index is 13.2. The number of hydrogen-bond acceptors (Lipinski definition) is 15. The molecular weight excluding hydrogens is 744 g/mol. The Bertz CT molecular complexity index is 1440. The van der Waals surface area contributed by atoms with Crippen LogP contribution in [-0.2, 0) is 47.9 Å². The zero-order valence-electron chi connectivity index (χ0n) is 29.4. The number of carbonyl (C=O) groups excluding carboxylic acids is 9. The Balaban J connectivity index is 3.03. The summed E-state index contributed by atoms with van der Waals surface area (Å²) in [6.45, 7) is 0.354. The zero-order chi connectivity index (χ0) is 41.4. The van der Waals surface area contributed by atoms with Crippen LogP contribution in [0.1, 0.15) is 39.5 Å². The summed E-state index contributed by atoms with van der Waals surface area (Å²) in [4.78, 5) is 126. The molecule has 1 rings (SSSR count). The Morgan fingerprint density at radius 3 is 1.61 bits per heavy atom. The number of primary amides is 2. The van der Waals surface area contributed by atoms with Crippen LogP contribution in [0.3, 0.4) is 0 Å². The van der Waals surface area contributed by atoms with Crippen LogP contribution < -0.4 is 49.1 Å². The number of rotatable bonds is 22. The van der Waals surface area contributed by atoms with Gasteiger partial charge >= 0.3 is 5.97 Å². The highest BCUT2D eigenvalue weighted by molar-refractivity contribution is 7.80. The molecule has 1 aliphatic rings. The number of hydrogen-bond donors (Lipinski definition) is 14. The van der Waals surface area contributed by atoms with Crippen molar-refractivity contribution in [3.05, 3.63) is 0 Å². The number of amides is 9. The maximum Gasteiger partial charge on any atom is 0.328 e. The Labute approximate surface area is 313 Å². The first-order chi connectivity index (χ1) is 25.2. The Hall–Kier alpha value is -5.11. The van der Waals surface area contributed by atoms with E-state index in [-0.39, 0.29) is 18.7 Å². The number of aliphatic hydroxyl groups is 3. The monoisotopic (exact) mass is 792 g/mol. The molecule has 16 N–H and O–H groups in total. The molecule has 0 aliphatic carbocycles. The summed E-state index contributed by atoms with van der Waals surface area (Å²) in [5.41, 5.74) is 16.1. The first kappa shape index (κ1) is 46.9. The van der Waals surface area contributed by atoms with E-state index in [0.717, 1.165) is 13.8 Å². The lowest BCUT2D eigenvalue weighted by Gasteiger charge is -2.28. The van der Waals surface area contributed by atoms with Gasteiger partial charge in [0.15, 0.2) is 6.04 Å². The highest BCUT2D eigenvalue weighted by Crippen LogP contribution is 2.18. The minimum atomic E-state index is -1.90. The molecule has 1 aliphatic heterocycles. The van der Waals surface area contributed by atoms with Crippen LogP contribution in [-0.4, -0.2) is 164 Å². The van der Waals surface area contributed by atoms with Crippen LogP contribution in [0.4, 0.5) is 0 Å². The maximum atomic E-state index is 13.2. The standard InChI is InChI=1S/C29H48N10O14S/c1-11(33-25(48)16(8-40)37-27(50)18-4-3-5-39(18)28(51)13(30)10-54)22(45)34-14(6-19(31)43)23(46)35-15(7-20(32)44)24(47)36-17(9-41)26(49)38-21(12(2)42)29(52)53/h11-18,21,40-42,54H,3-10,30H2,1-2H3,(H2,31,43)(H2,32,44)(H,33,48)(H,34,45)(H,35,46)(H,36,47)(H,37,50)(H,38,49)(H,52,53)/t11-,12+,13-,14-,15-,16-,17-,18-,21-/m0/s1. The van der Waals surface area contributed by atoms with Crippen LogP contribution in [0.2, 0.25) is 0 Å². The molecule has 0 saturated carbocycles. The molecule has 304 valence electrons. The van der Waals surface area contributed by atoms with Crippen molar-refractivity contribution in [3.63, 3.8) is 0 Å². The van der Waals surface area contributed by atoms with Crippen molar-refractivity contribution in [2.45, 2.75) is 94.0 Å². The van der Waals surface area contributed by atoms with Gasteiger partial charge in [-0.2, -0.15) is 12.6 Å². The molecule has 24 nitrogen and oxygen atoms in total. The average Bonchev–Trinajstić information content (AvgIpc) is 3.59. The lowest BCUT2D eigenvalue weighted by atomic mass is 10.1. The zero-order valence-corrected chi connectivity index (χ0v) is 30.2. The molecule has 9 amide bonds. The van der Waals surface area contributed by atoms with Gasteiger partial charge in [0.05, 0.1) is 38.2 Å². The summed E-state index contributed by atoms with van der Waals surface area (Å²) >= 11 is 3.99. The van der Waals surface area contributed by atoms with Crippen molar-refractivity contribution in [2.75, 3.05) is 25.5 Å². The molecule has 1 saturated heterocycles. The predicted molar refractivity (Wildman–Crippen MR) is 185 cm³/mol. The topological polar surface area (TPSA) is 405 Å². The molecule has 9 atom stereocenters. The smallest absolute Gasteiger partial charge is 0.328 e. The van der Waals surface area contributed by atoms with E-state index in [1.165, 1.54) is 4.90 Å². The third-order valence-electron chi connectivity index (χ3n) is 7.86. The van der Waals surface area contributed by atoms with Crippen molar-refractivity contribution in [2.24, 2.45) is 17.2 Å². The van der Waals surface area contributed by atoms with E-state index >= 15 is 0 Å². The lowest BCUT2D eigenvalue weighted by molar-refractivity contribution is -0.145. The van der Waals surface area contributed by atoms with Crippen molar-refractivity contribution < 1.29 is 68.4 Å². The average molecular weight is 793 g/mol. The largest absolute Gasteiger partial charge is 0.480 e. The van der Waals surface area contributed by atoms with Crippen LogP contribution in [0.5, 0.6) is 0 Å². The number of carbonyl (C=O) groups is 10. The second-order valence-corrected chi connectivity index (χ2v) is 12.6. The van der Waals surface area contributed by atoms with Gasteiger partial charge in [-0.25, -0.2) is 4.79 Å². The van der Waals surface area contributed by atoms with Crippen molar-refractivity contribution in [1.29, 1.82) is 0 Å². The summed E-state index contributed by atoms with van der Waals surface area (Å²) in [5.74, 6) is -11.3. The number of aliphatic carboxylic acids is 1. The van der Waals surface area contributed by atoms with Crippen molar-refractivity contribution >= 4 is 71.8 Å². The first-order valence-electron chi connectivity index (χ1n) is 16.4. The van der Waals surface area contributed by atoms with Crippen LogP contribution in [0.15, 0.2) is 0 Å². The molecule has 25 heteroatoms. The molecule has 1 fully saturated rings. The number of likely N-dealkylation sites (tertiary alicyclic amines) is 1. The van der Waals surface area contributed by atoms with Crippen LogP contribution in [0, 0.1) is 0 Å². The van der Waals surface area contributed by atoms with Gasteiger partial charge in [0.2, 0.25) is 53.2 Å². The minimum Gasteiger partial charge on any atom is -0.480 e. The molecule has 0 aromatic heterocycles. The second kappa shape index (κ2) is 22.2. The highest BCUT2D eigenvalue weighted by atomic mass is 32.1. The number of nitrogens with two attached hydrogens (primary N) is 3. The SMILES string of the molecule is C[C@H](NC(=O)[C@H](CO)NC(=O)[C@@H]1CCCN1C(=O)[C@@H](N)CS)C(=O)N[C@@H](CC(N)=O)C(=O)N[C@@H](CC(N)=O)C(=O)N[C@@H](CO)C(=O)N[C@H](C(=O)O)[C@@H](C)O. The summed E-state index contributed by atoms with van der Waals surface area (Å²) in [7, 11) is 0. The lowest BCUT2D eigenvalue weighted by Crippen LogP contribution is -2.61. The minimum absolute atomic E-state index is 0.0196. The molecule has 0 radical (unpaired) electrons. The number of thiol groups is 1. The second-order valence-electron chi connectivity index (χ2n) is 12.2. The normalized spacial score (nSPS) is 18.2. The number of nitrogens with zero attached hydrogens (tertiary/aromatic N) is 1. The Morgan fingerprint density at radius 2 is 1.17 bits per heavy atom. The van der Waals surface area contributed by atoms with E-state index in [4.69, 9.17) is 22.3 Å². The Morgan fingerprint density at radius 1 is 0.722 bits per heavy atom. The van der Waals surface area contributed by atoms with Gasteiger partial charge in [0.1, 0.15) is 36.3 Å². The third-order valence-corrected chi connectivity index (χ3v) is 8.25. The number of carboxylic acid groups (broad SMARTS) is 1. The fourth-order valence-electron chi connectivity index (χ4n) is 4.93. The summed E-state index contributed by atoms with van der Waals surface area (Å²) in [6.07, 6.45) is -2.69. The molecule has 0 aromatic carbocycles. The van der Waals surface area contributed by atoms with E-state index in [9.17, 15) is 63.3 Å². The first-order valence-corrected chi connectivity index (χ1v) is 17.0. The summed E-state index contributed by atoms with van der Waals surface area (Å²) in [5, 5.41) is 50.8. The fraction of sp³-hybridized carbons (Fsp3) is 0.655. The molecule has 0 unspecified atom stereocenters. The van der Waals surface area contributed by atoms with Gasteiger partial charge in [-0.1, -0.05) is 0 Å². The third kappa shape index (κ3) is 14.4. The molecule has 0 spiro atoms. The van der Waals surface area contributed by atoms with Gasteiger partial charge in [-0.3, -0.25) is 43.2 Å². The quantitative estimate of drug-likeness (QED) is 0.0453. The number of aliphatic hydroxyl groups excluding tert-OH is 3. The van der Waals surface area contributed by atoms with Crippen molar-refractivity contribution in [3.8, 4) is 0 Å². The number of carboxylic acids is 1. The molecule has 0 aromatic rings. The molecule has 1 heterocycles. The summed E-state index contributed by atoms with van der Waals surface area (Å²) in [6, 6.07) is -12.5. The van der Waals surface area contributed by atoms with E-state index in [0.29, 0.717) is 6.42 Å².